The third-order valence-corrected chi connectivity index (χ3v) is 4.50. The predicted octanol–water partition coefficient (Wildman–Crippen LogP) is 6.65. The van der Waals surface area contributed by atoms with E-state index < -0.39 is 5.82 Å². The Hall–Kier alpha value is -1.33. The highest BCUT2D eigenvalue weighted by molar-refractivity contribution is 7.14. The smallest absolute Gasteiger partial charge is 0.187 e. The molecule has 0 aliphatic rings. The van der Waals surface area contributed by atoms with E-state index in [9.17, 15) is 4.39 Å². The Morgan fingerprint density at radius 2 is 1.73 bits per heavy atom. The molecule has 22 heavy (non-hydrogen) atoms. The van der Waals surface area contributed by atoms with E-state index in [4.69, 9.17) is 34.8 Å². The number of anilines is 2. The number of rotatable bonds is 3. The lowest BCUT2D eigenvalue weighted by atomic mass is 10.2. The zero-order valence-electron chi connectivity index (χ0n) is 10.9. The average molecular weight is 374 g/mol. The van der Waals surface area contributed by atoms with E-state index in [1.54, 1.807) is 17.5 Å². The molecule has 112 valence electrons. The monoisotopic (exact) mass is 372 g/mol. The van der Waals surface area contributed by atoms with Crippen LogP contribution in [0.3, 0.4) is 0 Å². The van der Waals surface area contributed by atoms with Gasteiger partial charge >= 0.3 is 0 Å². The fraction of sp³-hybridized carbons (Fsp3) is 0. The Morgan fingerprint density at radius 1 is 1.00 bits per heavy atom. The Bertz CT molecular complexity index is 818. The molecule has 3 aromatic rings. The Balaban J connectivity index is 1.87. The van der Waals surface area contributed by atoms with Gasteiger partial charge in [-0.1, -0.05) is 34.8 Å². The van der Waals surface area contributed by atoms with Crippen LogP contribution >= 0.6 is 46.1 Å². The van der Waals surface area contributed by atoms with Gasteiger partial charge in [0.1, 0.15) is 5.82 Å². The number of nitrogens with zero attached hydrogens (tertiary/aromatic N) is 1. The lowest BCUT2D eigenvalue weighted by molar-refractivity contribution is 0.629. The molecule has 0 aliphatic carbocycles. The molecule has 1 N–H and O–H groups in total. The maximum absolute atomic E-state index is 13.6. The molecule has 0 unspecified atom stereocenters. The second-order valence-electron chi connectivity index (χ2n) is 4.42. The minimum Gasteiger partial charge on any atom is -0.332 e. The minimum absolute atomic E-state index is 0.0107. The van der Waals surface area contributed by atoms with Crippen LogP contribution in [0.4, 0.5) is 15.2 Å². The van der Waals surface area contributed by atoms with Gasteiger partial charge in [-0.05, 0) is 36.4 Å². The first-order valence-electron chi connectivity index (χ1n) is 6.16. The number of hydrogen-bond acceptors (Lipinski definition) is 3. The molecule has 2 aromatic carbocycles. The predicted molar refractivity (Wildman–Crippen MR) is 92.3 cm³/mol. The van der Waals surface area contributed by atoms with E-state index in [0.29, 0.717) is 26.4 Å². The van der Waals surface area contributed by atoms with Gasteiger partial charge in [-0.15, -0.1) is 11.3 Å². The van der Waals surface area contributed by atoms with Gasteiger partial charge in [-0.2, -0.15) is 0 Å². The van der Waals surface area contributed by atoms with Crippen molar-refractivity contribution in [3.05, 3.63) is 62.7 Å². The number of thiazole rings is 1. The molecule has 0 radical (unpaired) electrons. The quantitative estimate of drug-likeness (QED) is 0.520. The average Bonchev–Trinajstić information content (AvgIpc) is 2.93. The normalized spacial score (nSPS) is 10.7. The Kier molecular flexibility index (Phi) is 4.54. The summed E-state index contributed by atoms with van der Waals surface area (Å²) in [6.07, 6.45) is 0. The Morgan fingerprint density at radius 3 is 2.45 bits per heavy atom. The van der Waals surface area contributed by atoms with Crippen LogP contribution in [0, 0.1) is 5.82 Å². The summed E-state index contributed by atoms with van der Waals surface area (Å²) in [4.78, 5) is 4.41. The molecule has 0 spiro atoms. The van der Waals surface area contributed by atoms with Crippen LogP contribution in [-0.2, 0) is 0 Å². The van der Waals surface area contributed by atoms with Gasteiger partial charge in [0.2, 0.25) is 0 Å². The molecule has 0 fully saturated rings. The first kappa shape index (κ1) is 15.6. The fourth-order valence-corrected chi connectivity index (χ4v) is 3.17. The lowest BCUT2D eigenvalue weighted by Gasteiger charge is -2.03. The molecule has 7 heteroatoms. The fourth-order valence-electron chi connectivity index (χ4n) is 1.83. The summed E-state index contributed by atoms with van der Waals surface area (Å²) >= 11 is 19.0. The van der Waals surface area contributed by atoms with Crippen molar-refractivity contribution in [1.82, 2.24) is 4.98 Å². The minimum atomic E-state index is -0.527. The van der Waals surface area contributed by atoms with E-state index in [-0.39, 0.29) is 5.02 Å². The lowest BCUT2D eigenvalue weighted by Crippen LogP contribution is -1.89. The molecule has 0 bridgehead atoms. The van der Waals surface area contributed by atoms with Gasteiger partial charge in [-0.3, -0.25) is 0 Å². The topological polar surface area (TPSA) is 24.9 Å². The van der Waals surface area contributed by atoms with Crippen molar-refractivity contribution in [1.29, 1.82) is 0 Å². The molecule has 0 aliphatic heterocycles. The number of nitrogens with one attached hydrogen (secondary N) is 1. The largest absolute Gasteiger partial charge is 0.332 e. The van der Waals surface area contributed by atoms with Crippen molar-refractivity contribution in [2.45, 2.75) is 0 Å². The molecule has 0 saturated carbocycles. The first-order chi connectivity index (χ1) is 10.5. The van der Waals surface area contributed by atoms with E-state index in [2.05, 4.69) is 10.3 Å². The van der Waals surface area contributed by atoms with Crippen LogP contribution in [0.25, 0.3) is 11.3 Å². The summed E-state index contributed by atoms with van der Waals surface area (Å²) in [6.45, 7) is 0. The van der Waals surface area contributed by atoms with Crippen molar-refractivity contribution < 1.29 is 4.39 Å². The molecule has 2 nitrogen and oxygen atoms in total. The van der Waals surface area contributed by atoms with Crippen LogP contribution in [0.1, 0.15) is 0 Å². The molecule has 0 atom stereocenters. The summed E-state index contributed by atoms with van der Waals surface area (Å²) in [5, 5.41) is 6.63. The number of benzene rings is 2. The third-order valence-electron chi connectivity index (χ3n) is 2.89. The van der Waals surface area contributed by atoms with E-state index in [1.165, 1.54) is 23.5 Å². The van der Waals surface area contributed by atoms with E-state index in [0.717, 1.165) is 5.69 Å². The molecule has 3 rings (SSSR count). The highest BCUT2D eigenvalue weighted by Crippen LogP contribution is 2.34. The third kappa shape index (κ3) is 3.36. The molecule has 1 aromatic heterocycles. The summed E-state index contributed by atoms with van der Waals surface area (Å²) in [6, 6.07) is 9.91. The van der Waals surface area contributed by atoms with Crippen LogP contribution in [0.5, 0.6) is 0 Å². The Labute approximate surface area is 145 Å². The molecular weight excluding hydrogens is 366 g/mol. The molecule has 0 amide bonds. The summed E-state index contributed by atoms with van der Waals surface area (Å²) in [5.41, 5.74) is 1.95. The highest BCUT2D eigenvalue weighted by Gasteiger charge is 2.12. The van der Waals surface area contributed by atoms with Crippen LogP contribution in [0.2, 0.25) is 15.1 Å². The summed E-state index contributed by atoms with van der Waals surface area (Å²) < 4.78 is 13.6. The zero-order chi connectivity index (χ0) is 15.7. The number of halogens is 4. The SMILES string of the molecule is Fc1cc(-c2csc(Nc3ccc(Cl)cc3)n2)c(Cl)cc1Cl. The first-order valence-corrected chi connectivity index (χ1v) is 8.17. The van der Waals surface area contributed by atoms with Crippen LogP contribution in [-0.4, -0.2) is 4.98 Å². The number of aromatic nitrogens is 1. The van der Waals surface area contributed by atoms with Crippen molar-refractivity contribution in [3.8, 4) is 11.3 Å². The summed E-state index contributed by atoms with van der Waals surface area (Å²) in [5.74, 6) is -0.527. The van der Waals surface area contributed by atoms with Gasteiger partial charge in [0.15, 0.2) is 5.13 Å². The highest BCUT2D eigenvalue weighted by atomic mass is 35.5. The van der Waals surface area contributed by atoms with Crippen LogP contribution < -0.4 is 5.32 Å². The van der Waals surface area contributed by atoms with Gasteiger partial charge in [0.05, 0.1) is 15.7 Å². The summed E-state index contributed by atoms with van der Waals surface area (Å²) in [7, 11) is 0. The van der Waals surface area contributed by atoms with E-state index in [1.807, 2.05) is 12.1 Å². The second-order valence-corrected chi connectivity index (χ2v) is 6.52. The number of hydrogen-bond donors (Lipinski definition) is 1. The van der Waals surface area contributed by atoms with Gasteiger partial charge in [0, 0.05) is 21.7 Å². The van der Waals surface area contributed by atoms with Gasteiger partial charge in [-0.25, -0.2) is 9.37 Å². The standard InChI is InChI=1S/C15H8Cl3FN2S/c16-8-1-3-9(4-2-8)20-15-21-14(7-22-15)10-5-13(19)12(18)6-11(10)17/h1-7H,(H,20,21). The van der Waals surface area contributed by atoms with Gasteiger partial charge < -0.3 is 5.32 Å². The zero-order valence-corrected chi connectivity index (χ0v) is 14.0. The van der Waals surface area contributed by atoms with Crippen molar-refractivity contribution >= 4 is 57.0 Å². The second kappa shape index (κ2) is 6.42. The van der Waals surface area contributed by atoms with Crippen molar-refractivity contribution in [2.75, 3.05) is 5.32 Å². The molecule has 1 heterocycles. The van der Waals surface area contributed by atoms with Gasteiger partial charge in [0.25, 0.3) is 0 Å². The molecular formula is C15H8Cl3FN2S. The van der Waals surface area contributed by atoms with Crippen molar-refractivity contribution in [2.24, 2.45) is 0 Å². The van der Waals surface area contributed by atoms with Crippen LogP contribution in [0.15, 0.2) is 41.8 Å². The molecule has 0 saturated heterocycles. The maximum atomic E-state index is 13.6. The van der Waals surface area contributed by atoms with Crippen molar-refractivity contribution in [3.63, 3.8) is 0 Å². The van der Waals surface area contributed by atoms with E-state index >= 15 is 0 Å². The maximum Gasteiger partial charge on any atom is 0.187 e.